The summed E-state index contributed by atoms with van der Waals surface area (Å²) >= 11 is 0. The van der Waals surface area contributed by atoms with Gasteiger partial charge in [0.25, 0.3) is 5.91 Å². The van der Waals surface area contributed by atoms with Crippen molar-refractivity contribution in [1.29, 1.82) is 0 Å². The van der Waals surface area contributed by atoms with Crippen molar-refractivity contribution in [3.8, 4) is 0 Å². The molecule has 25 heavy (non-hydrogen) atoms. The second-order valence-electron chi connectivity index (χ2n) is 6.05. The highest BCUT2D eigenvalue weighted by molar-refractivity contribution is 5.92. The zero-order valence-corrected chi connectivity index (χ0v) is 15.1. The summed E-state index contributed by atoms with van der Waals surface area (Å²) < 4.78 is 5.01. The molecule has 1 N–H and O–H groups in total. The van der Waals surface area contributed by atoms with Gasteiger partial charge in [-0.3, -0.25) is 4.79 Å². The molecule has 134 valence electrons. The van der Waals surface area contributed by atoms with E-state index in [-0.39, 0.29) is 11.9 Å². The van der Waals surface area contributed by atoms with Crippen LogP contribution in [0.1, 0.15) is 36.3 Å². The van der Waals surface area contributed by atoms with E-state index in [1.807, 2.05) is 49.1 Å². The first-order valence-corrected chi connectivity index (χ1v) is 8.52. The SMILES string of the molecule is COCCCNc1nccc(C(=O)N(Cc2ccccc2)C(C)C)n1. The number of nitrogens with zero attached hydrogens (tertiary/aromatic N) is 3. The number of benzene rings is 1. The normalized spacial score (nSPS) is 10.7. The summed E-state index contributed by atoms with van der Waals surface area (Å²) in [6, 6.07) is 11.7. The maximum atomic E-state index is 12.9. The lowest BCUT2D eigenvalue weighted by Crippen LogP contribution is -2.37. The number of methoxy groups -OCH3 is 1. The van der Waals surface area contributed by atoms with Crippen LogP contribution in [0.4, 0.5) is 5.95 Å². The maximum absolute atomic E-state index is 12.9. The standard InChI is InChI=1S/C19H26N4O2/c1-15(2)23(14-16-8-5-4-6-9-16)18(24)17-10-12-21-19(22-17)20-11-7-13-25-3/h4-6,8-10,12,15H,7,11,13-14H2,1-3H3,(H,20,21,22). The summed E-state index contributed by atoms with van der Waals surface area (Å²) in [6.45, 7) is 5.93. The van der Waals surface area contributed by atoms with E-state index in [1.165, 1.54) is 0 Å². The van der Waals surface area contributed by atoms with E-state index in [0.717, 1.165) is 12.0 Å². The summed E-state index contributed by atoms with van der Waals surface area (Å²) in [7, 11) is 1.67. The number of rotatable bonds is 9. The number of nitrogens with one attached hydrogen (secondary N) is 1. The Balaban J connectivity index is 2.08. The Hall–Kier alpha value is -2.47. The van der Waals surface area contributed by atoms with Crippen molar-refractivity contribution in [2.75, 3.05) is 25.6 Å². The van der Waals surface area contributed by atoms with E-state index < -0.39 is 0 Å². The highest BCUT2D eigenvalue weighted by atomic mass is 16.5. The van der Waals surface area contributed by atoms with Gasteiger partial charge in [0, 0.05) is 39.0 Å². The molecule has 0 unspecified atom stereocenters. The van der Waals surface area contributed by atoms with Gasteiger partial charge < -0.3 is 15.0 Å². The first-order valence-electron chi connectivity index (χ1n) is 8.52. The molecule has 0 saturated heterocycles. The molecule has 1 aromatic carbocycles. The molecule has 1 amide bonds. The Bertz CT molecular complexity index is 661. The average molecular weight is 342 g/mol. The first-order chi connectivity index (χ1) is 12.1. The van der Waals surface area contributed by atoms with E-state index in [1.54, 1.807) is 19.4 Å². The molecule has 0 bridgehead atoms. The number of hydrogen-bond acceptors (Lipinski definition) is 5. The smallest absolute Gasteiger partial charge is 0.273 e. The van der Waals surface area contributed by atoms with Gasteiger partial charge in [0.15, 0.2) is 0 Å². The Morgan fingerprint density at radius 1 is 1.24 bits per heavy atom. The minimum Gasteiger partial charge on any atom is -0.385 e. The van der Waals surface area contributed by atoms with Crippen LogP contribution in [0.25, 0.3) is 0 Å². The van der Waals surface area contributed by atoms with Gasteiger partial charge in [0.2, 0.25) is 5.95 Å². The first kappa shape index (κ1) is 18.9. The van der Waals surface area contributed by atoms with Gasteiger partial charge >= 0.3 is 0 Å². The summed E-state index contributed by atoms with van der Waals surface area (Å²) in [5.74, 6) is 0.367. The van der Waals surface area contributed by atoms with Crippen LogP contribution in [0.2, 0.25) is 0 Å². The van der Waals surface area contributed by atoms with Crippen molar-refractivity contribution in [2.24, 2.45) is 0 Å². The van der Waals surface area contributed by atoms with Crippen LogP contribution < -0.4 is 5.32 Å². The van der Waals surface area contributed by atoms with Crippen molar-refractivity contribution in [2.45, 2.75) is 32.9 Å². The number of aromatic nitrogens is 2. The third kappa shape index (κ3) is 5.83. The molecule has 0 aliphatic rings. The zero-order valence-electron chi connectivity index (χ0n) is 15.1. The van der Waals surface area contributed by atoms with Crippen molar-refractivity contribution >= 4 is 11.9 Å². The Morgan fingerprint density at radius 3 is 2.68 bits per heavy atom. The molecular weight excluding hydrogens is 316 g/mol. The highest BCUT2D eigenvalue weighted by Gasteiger charge is 2.20. The molecular formula is C19H26N4O2. The maximum Gasteiger partial charge on any atom is 0.273 e. The number of carbonyl (C=O) groups is 1. The lowest BCUT2D eigenvalue weighted by molar-refractivity contribution is 0.0684. The number of amides is 1. The lowest BCUT2D eigenvalue weighted by atomic mass is 10.1. The number of carbonyl (C=O) groups excluding carboxylic acids is 1. The molecule has 2 aromatic rings. The van der Waals surface area contributed by atoms with Gasteiger partial charge in [-0.05, 0) is 31.9 Å². The van der Waals surface area contributed by atoms with Crippen molar-refractivity contribution in [1.82, 2.24) is 14.9 Å². The monoisotopic (exact) mass is 342 g/mol. The predicted molar refractivity (Wildman–Crippen MR) is 98.5 cm³/mol. The number of ether oxygens (including phenoxy) is 1. The fraction of sp³-hybridized carbons (Fsp3) is 0.421. The second-order valence-corrected chi connectivity index (χ2v) is 6.05. The third-order valence-corrected chi connectivity index (χ3v) is 3.76. The predicted octanol–water partition coefficient (Wildman–Crippen LogP) is 2.98. The van der Waals surface area contributed by atoms with Gasteiger partial charge in [-0.15, -0.1) is 0 Å². The minimum absolute atomic E-state index is 0.0702. The summed E-state index contributed by atoms with van der Waals surface area (Å²) in [6.07, 6.45) is 2.46. The van der Waals surface area contributed by atoms with Crippen LogP contribution in [0.3, 0.4) is 0 Å². The minimum atomic E-state index is -0.0961. The van der Waals surface area contributed by atoms with Crippen LogP contribution in [0, 0.1) is 0 Å². The van der Waals surface area contributed by atoms with E-state index >= 15 is 0 Å². The van der Waals surface area contributed by atoms with Crippen LogP contribution in [-0.4, -0.2) is 47.1 Å². The summed E-state index contributed by atoms with van der Waals surface area (Å²) in [5, 5.41) is 3.12. The van der Waals surface area contributed by atoms with Gasteiger partial charge in [0.05, 0.1) is 0 Å². The molecule has 0 aliphatic heterocycles. The molecule has 0 radical (unpaired) electrons. The molecule has 0 spiro atoms. The van der Waals surface area contributed by atoms with Gasteiger partial charge in [-0.2, -0.15) is 0 Å². The molecule has 0 fully saturated rings. The summed E-state index contributed by atoms with van der Waals surface area (Å²) in [5.41, 5.74) is 1.49. The fourth-order valence-electron chi connectivity index (χ4n) is 2.40. The zero-order chi connectivity index (χ0) is 18.1. The van der Waals surface area contributed by atoms with Crippen molar-refractivity contribution in [3.05, 3.63) is 53.9 Å². The van der Waals surface area contributed by atoms with Crippen LogP contribution >= 0.6 is 0 Å². The largest absolute Gasteiger partial charge is 0.385 e. The van der Waals surface area contributed by atoms with Gasteiger partial charge in [-0.1, -0.05) is 30.3 Å². The van der Waals surface area contributed by atoms with Crippen molar-refractivity contribution < 1.29 is 9.53 Å². The molecule has 1 heterocycles. The number of anilines is 1. The van der Waals surface area contributed by atoms with E-state index in [0.29, 0.717) is 31.3 Å². The Labute approximate surface area is 149 Å². The van der Waals surface area contributed by atoms with Crippen molar-refractivity contribution in [3.63, 3.8) is 0 Å². The summed E-state index contributed by atoms with van der Waals surface area (Å²) in [4.78, 5) is 23.3. The van der Waals surface area contributed by atoms with E-state index in [2.05, 4.69) is 15.3 Å². The highest BCUT2D eigenvalue weighted by Crippen LogP contribution is 2.13. The van der Waals surface area contributed by atoms with Gasteiger partial charge in [0.1, 0.15) is 5.69 Å². The number of hydrogen-bond donors (Lipinski definition) is 1. The lowest BCUT2D eigenvalue weighted by Gasteiger charge is -2.26. The molecule has 2 rings (SSSR count). The third-order valence-electron chi connectivity index (χ3n) is 3.76. The molecule has 0 atom stereocenters. The molecule has 0 aliphatic carbocycles. The molecule has 6 heteroatoms. The quantitative estimate of drug-likeness (QED) is 0.710. The topological polar surface area (TPSA) is 67.3 Å². The van der Waals surface area contributed by atoms with E-state index in [9.17, 15) is 4.79 Å². The van der Waals surface area contributed by atoms with Crippen LogP contribution in [0.15, 0.2) is 42.6 Å². The average Bonchev–Trinajstić information content (AvgIpc) is 2.63. The molecule has 6 nitrogen and oxygen atoms in total. The Kier molecular flexibility index (Phi) is 7.35. The van der Waals surface area contributed by atoms with Gasteiger partial charge in [-0.25, -0.2) is 9.97 Å². The molecule has 1 aromatic heterocycles. The van der Waals surface area contributed by atoms with E-state index in [4.69, 9.17) is 4.74 Å². The van der Waals surface area contributed by atoms with Crippen LogP contribution in [0.5, 0.6) is 0 Å². The Morgan fingerprint density at radius 2 is 2.00 bits per heavy atom. The molecule has 0 saturated carbocycles. The fourth-order valence-corrected chi connectivity index (χ4v) is 2.40. The second kappa shape index (κ2) is 9.74. The van der Waals surface area contributed by atoms with Crippen LogP contribution in [-0.2, 0) is 11.3 Å².